The normalized spacial score (nSPS) is 19.2. The first-order chi connectivity index (χ1) is 9.72. The highest BCUT2D eigenvalue weighted by Gasteiger charge is 2.21. The number of benzene rings is 1. The van der Waals surface area contributed by atoms with Crippen LogP contribution >= 0.6 is 0 Å². The third-order valence-electron chi connectivity index (χ3n) is 3.46. The van der Waals surface area contributed by atoms with Crippen LogP contribution < -0.4 is 5.32 Å². The van der Waals surface area contributed by atoms with Gasteiger partial charge in [0.15, 0.2) is 5.82 Å². The second-order valence-electron chi connectivity index (χ2n) is 4.96. The first-order valence-corrected chi connectivity index (χ1v) is 6.72. The Balaban J connectivity index is 1.73. The van der Waals surface area contributed by atoms with E-state index in [1.807, 2.05) is 0 Å². The molecule has 1 aliphatic heterocycles. The fourth-order valence-corrected chi connectivity index (χ4v) is 2.38. The van der Waals surface area contributed by atoms with Gasteiger partial charge in [-0.25, -0.2) is 8.78 Å². The van der Waals surface area contributed by atoms with E-state index in [4.69, 9.17) is 4.52 Å². The maximum absolute atomic E-state index is 13.6. The molecule has 0 spiro atoms. The molecule has 6 heteroatoms. The standard InChI is InChI=1S/C14H15F2N3O/c15-10-5-4-9(11(16)8-10)7-13-18-14(20-19-13)12-3-1-2-6-17-12/h4-5,8,12,17H,1-3,6-7H2/t12-/m1/s1. The Morgan fingerprint density at radius 1 is 1.30 bits per heavy atom. The first kappa shape index (κ1) is 13.2. The average Bonchev–Trinajstić information content (AvgIpc) is 2.92. The molecule has 0 aliphatic carbocycles. The fraction of sp³-hybridized carbons (Fsp3) is 0.429. The molecule has 0 unspecified atom stereocenters. The number of halogens is 2. The molecule has 3 rings (SSSR count). The summed E-state index contributed by atoms with van der Waals surface area (Å²) in [6, 6.07) is 3.57. The van der Waals surface area contributed by atoms with Crippen LogP contribution in [0.1, 0.15) is 42.6 Å². The lowest BCUT2D eigenvalue weighted by Crippen LogP contribution is -2.27. The van der Waals surface area contributed by atoms with Gasteiger partial charge >= 0.3 is 0 Å². The second kappa shape index (κ2) is 5.66. The van der Waals surface area contributed by atoms with Crippen LogP contribution in [-0.4, -0.2) is 16.7 Å². The number of aromatic nitrogens is 2. The third kappa shape index (κ3) is 2.85. The molecular weight excluding hydrogens is 264 g/mol. The number of hydrogen-bond donors (Lipinski definition) is 1. The monoisotopic (exact) mass is 279 g/mol. The maximum atomic E-state index is 13.6. The van der Waals surface area contributed by atoms with E-state index in [0.717, 1.165) is 31.9 Å². The predicted octanol–water partition coefficient (Wildman–Crippen LogP) is 2.75. The van der Waals surface area contributed by atoms with Crippen molar-refractivity contribution in [3.8, 4) is 0 Å². The molecule has 1 aromatic heterocycles. The van der Waals surface area contributed by atoms with Gasteiger partial charge in [0.1, 0.15) is 11.6 Å². The zero-order valence-corrected chi connectivity index (χ0v) is 10.9. The highest BCUT2D eigenvalue weighted by Crippen LogP contribution is 2.22. The van der Waals surface area contributed by atoms with E-state index < -0.39 is 11.6 Å². The zero-order chi connectivity index (χ0) is 13.9. The minimum absolute atomic E-state index is 0.0862. The number of nitrogens with zero attached hydrogens (tertiary/aromatic N) is 2. The molecule has 1 N–H and O–H groups in total. The quantitative estimate of drug-likeness (QED) is 0.938. The van der Waals surface area contributed by atoms with Crippen molar-refractivity contribution in [3.05, 3.63) is 47.1 Å². The molecule has 20 heavy (non-hydrogen) atoms. The Bertz CT molecular complexity index is 594. The Morgan fingerprint density at radius 2 is 2.20 bits per heavy atom. The first-order valence-electron chi connectivity index (χ1n) is 6.72. The summed E-state index contributed by atoms with van der Waals surface area (Å²) in [4.78, 5) is 4.29. The highest BCUT2D eigenvalue weighted by molar-refractivity contribution is 5.21. The minimum atomic E-state index is -0.591. The topological polar surface area (TPSA) is 51.0 Å². The van der Waals surface area contributed by atoms with Gasteiger partial charge in [-0.1, -0.05) is 17.6 Å². The van der Waals surface area contributed by atoms with Crippen molar-refractivity contribution in [2.45, 2.75) is 31.7 Å². The second-order valence-corrected chi connectivity index (χ2v) is 4.96. The van der Waals surface area contributed by atoms with Gasteiger partial charge in [-0.3, -0.25) is 0 Å². The highest BCUT2D eigenvalue weighted by atomic mass is 19.1. The van der Waals surface area contributed by atoms with Crippen LogP contribution in [0.4, 0.5) is 8.78 Å². The van der Waals surface area contributed by atoms with Crippen LogP contribution in [0.5, 0.6) is 0 Å². The van der Waals surface area contributed by atoms with Crippen molar-refractivity contribution in [2.24, 2.45) is 0 Å². The van der Waals surface area contributed by atoms with Crippen LogP contribution in [-0.2, 0) is 6.42 Å². The largest absolute Gasteiger partial charge is 0.338 e. The summed E-state index contributed by atoms with van der Waals surface area (Å²) in [5.74, 6) is -0.223. The van der Waals surface area contributed by atoms with Gasteiger partial charge in [-0.2, -0.15) is 4.98 Å². The SMILES string of the molecule is Fc1ccc(Cc2noc([C@H]3CCCCN3)n2)c(F)c1. The van der Waals surface area contributed by atoms with Gasteiger partial charge < -0.3 is 9.84 Å². The van der Waals surface area contributed by atoms with Gasteiger partial charge in [-0.05, 0) is 31.0 Å². The van der Waals surface area contributed by atoms with Gasteiger partial charge in [0.25, 0.3) is 0 Å². The summed E-state index contributed by atoms with van der Waals surface area (Å²) in [7, 11) is 0. The van der Waals surface area contributed by atoms with Crippen LogP contribution in [0.25, 0.3) is 0 Å². The van der Waals surface area contributed by atoms with Crippen molar-refractivity contribution in [3.63, 3.8) is 0 Å². The molecule has 1 aromatic carbocycles. The summed E-state index contributed by atoms with van der Waals surface area (Å²) < 4.78 is 31.6. The molecule has 1 atom stereocenters. The molecule has 1 aliphatic rings. The van der Waals surface area contributed by atoms with Gasteiger partial charge in [0.05, 0.1) is 6.04 Å². The number of rotatable bonds is 3. The smallest absolute Gasteiger partial charge is 0.243 e. The fourth-order valence-electron chi connectivity index (χ4n) is 2.38. The number of nitrogens with one attached hydrogen (secondary N) is 1. The van der Waals surface area contributed by atoms with E-state index >= 15 is 0 Å². The Morgan fingerprint density at radius 3 is 2.95 bits per heavy atom. The Labute approximate surface area is 115 Å². The molecule has 0 radical (unpaired) electrons. The summed E-state index contributed by atoms with van der Waals surface area (Å²) in [6.07, 6.45) is 3.44. The van der Waals surface area contributed by atoms with E-state index in [0.29, 0.717) is 17.3 Å². The molecule has 0 amide bonds. The Hall–Kier alpha value is -1.82. The van der Waals surface area contributed by atoms with E-state index in [1.165, 1.54) is 12.1 Å². The molecule has 0 saturated carbocycles. The van der Waals surface area contributed by atoms with Gasteiger partial charge in [0, 0.05) is 12.5 Å². The molecule has 2 aromatic rings. The summed E-state index contributed by atoms with van der Waals surface area (Å²) in [6.45, 7) is 0.939. The van der Waals surface area contributed by atoms with Crippen molar-refractivity contribution in [1.82, 2.24) is 15.5 Å². The van der Waals surface area contributed by atoms with Gasteiger partial charge in [-0.15, -0.1) is 0 Å². The molecule has 2 heterocycles. The molecular formula is C14H15F2N3O. The average molecular weight is 279 g/mol. The van der Waals surface area contributed by atoms with Crippen LogP contribution in [0, 0.1) is 11.6 Å². The van der Waals surface area contributed by atoms with Crippen LogP contribution in [0.15, 0.2) is 22.7 Å². The van der Waals surface area contributed by atoms with E-state index in [1.54, 1.807) is 0 Å². The summed E-state index contributed by atoms with van der Waals surface area (Å²) in [5, 5.41) is 7.18. The van der Waals surface area contributed by atoms with Crippen molar-refractivity contribution < 1.29 is 13.3 Å². The zero-order valence-electron chi connectivity index (χ0n) is 10.9. The summed E-state index contributed by atoms with van der Waals surface area (Å²) in [5.41, 5.74) is 0.357. The van der Waals surface area contributed by atoms with Gasteiger partial charge in [0.2, 0.25) is 5.89 Å². The Kier molecular flexibility index (Phi) is 3.73. The maximum Gasteiger partial charge on any atom is 0.243 e. The molecule has 4 nitrogen and oxygen atoms in total. The van der Waals surface area contributed by atoms with Crippen LogP contribution in [0.3, 0.4) is 0 Å². The third-order valence-corrected chi connectivity index (χ3v) is 3.46. The van der Waals surface area contributed by atoms with Crippen molar-refractivity contribution in [1.29, 1.82) is 0 Å². The number of hydrogen-bond acceptors (Lipinski definition) is 4. The van der Waals surface area contributed by atoms with Crippen molar-refractivity contribution in [2.75, 3.05) is 6.54 Å². The molecule has 1 saturated heterocycles. The predicted molar refractivity (Wildman–Crippen MR) is 68.1 cm³/mol. The van der Waals surface area contributed by atoms with E-state index in [-0.39, 0.29) is 12.5 Å². The lowest BCUT2D eigenvalue weighted by atomic mass is 10.1. The minimum Gasteiger partial charge on any atom is -0.338 e. The number of piperidine rings is 1. The molecule has 106 valence electrons. The summed E-state index contributed by atoms with van der Waals surface area (Å²) >= 11 is 0. The lowest BCUT2D eigenvalue weighted by molar-refractivity contribution is 0.296. The van der Waals surface area contributed by atoms with Crippen molar-refractivity contribution >= 4 is 0 Å². The van der Waals surface area contributed by atoms with Crippen LogP contribution in [0.2, 0.25) is 0 Å². The van der Waals surface area contributed by atoms with E-state index in [9.17, 15) is 8.78 Å². The molecule has 1 fully saturated rings. The lowest BCUT2D eigenvalue weighted by Gasteiger charge is -2.19. The van der Waals surface area contributed by atoms with E-state index in [2.05, 4.69) is 15.5 Å². The molecule has 0 bridgehead atoms.